The van der Waals surface area contributed by atoms with E-state index in [1.807, 2.05) is 54.6 Å². The molecule has 0 amide bonds. The van der Waals surface area contributed by atoms with Gasteiger partial charge in [0, 0.05) is 5.02 Å². The van der Waals surface area contributed by atoms with E-state index in [0.29, 0.717) is 5.02 Å². The molecule has 0 N–H and O–H groups in total. The van der Waals surface area contributed by atoms with Crippen molar-refractivity contribution in [1.29, 1.82) is 5.26 Å². The van der Waals surface area contributed by atoms with Crippen LogP contribution < -0.4 is 0 Å². The first kappa shape index (κ1) is 11.7. The highest BCUT2D eigenvalue weighted by atomic mass is 35.5. The Bertz CT molecular complexity index is 511. The largest absolute Gasteiger partial charge is 0.198 e. The van der Waals surface area contributed by atoms with Crippen LogP contribution in [0.5, 0.6) is 0 Å². The molecule has 0 heterocycles. The number of nitrogens with zero attached hydrogens (tertiary/aromatic N) is 1. The molecule has 0 aliphatic rings. The van der Waals surface area contributed by atoms with Crippen molar-refractivity contribution >= 4 is 11.6 Å². The molecule has 0 spiro atoms. The number of nitriles is 1. The molecule has 0 saturated carbocycles. The predicted octanol–water partition coefficient (Wildman–Crippen LogP) is 4.19. The first-order valence-corrected chi connectivity index (χ1v) is 5.86. The number of hydrogen-bond donors (Lipinski definition) is 0. The maximum Gasteiger partial charge on any atom is 0.0753 e. The Morgan fingerprint density at radius 3 is 2.24 bits per heavy atom. The van der Waals surface area contributed by atoms with Gasteiger partial charge in [-0.2, -0.15) is 5.26 Å². The van der Waals surface area contributed by atoms with E-state index in [-0.39, 0.29) is 5.92 Å². The van der Waals surface area contributed by atoms with Crippen LogP contribution in [0.1, 0.15) is 17.0 Å². The van der Waals surface area contributed by atoms with Crippen molar-refractivity contribution in [3.8, 4) is 6.07 Å². The highest BCUT2D eigenvalue weighted by Crippen LogP contribution is 2.21. The van der Waals surface area contributed by atoms with E-state index in [0.717, 1.165) is 12.0 Å². The van der Waals surface area contributed by atoms with Gasteiger partial charge in [-0.1, -0.05) is 54.1 Å². The quantitative estimate of drug-likeness (QED) is 0.791. The molecule has 0 aromatic heterocycles. The van der Waals surface area contributed by atoms with Crippen molar-refractivity contribution in [1.82, 2.24) is 0 Å². The maximum absolute atomic E-state index is 9.23. The van der Waals surface area contributed by atoms with Gasteiger partial charge in [0.15, 0.2) is 0 Å². The van der Waals surface area contributed by atoms with Crippen LogP contribution >= 0.6 is 11.6 Å². The van der Waals surface area contributed by atoms with E-state index in [1.54, 1.807) is 0 Å². The fraction of sp³-hybridized carbons (Fsp3) is 0.133. The van der Waals surface area contributed by atoms with Crippen LogP contribution in [0.15, 0.2) is 54.6 Å². The standard InChI is InChI=1S/C15H12ClN/c16-15-8-6-13(7-9-15)14(11-17)10-12-4-2-1-3-5-12/h1-9,14H,10H2. The van der Waals surface area contributed by atoms with Crippen molar-refractivity contribution in [2.75, 3.05) is 0 Å². The molecule has 0 aliphatic heterocycles. The molecule has 0 saturated heterocycles. The summed E-state index contributed by atoms with van der Waals surface area (Å²) in [5.41, 5.74) is 2.19. The van der Waals surface area contributed by atoms with Gasteiger partial charge in [0.25, 0.3) is 0 Å². The van der Waals surface area contributed by atoms with E-state index in [1.165, 1.54) is 5.56 Å². The first-order valence-electron chi connectivity index (χ1n) is 5.48. The zero-order valence-electron chi connectivity index (χ0n) is 9.31. The predicted molar refractivity (Wildman–Crippen MR) is 70.0 cm³/mol. The summed E-state index contributed by atoms with van der Waals surface area (Å²) in [4.78, 5) is 0. The third kappa shape index (κ3) is 3.09. The van der Waals surface area contributed by atoms with Gasteiger partial charge < -0.3 is 0 Å². The van der Waals surface area contributed by atoms with Gasteiger partial charge in [0.05, 0.1) is 12.0 Å². The Kier molecular flexibility index (Phi) is 3.80. The molecule has 0 aliphatic carbocycles. The normalized spacial score (nSPS) is 11.8. The molecular formula is C15H12ClN. The van der Waals surface area contributed by atoms with Crippen LogP contribution in [0.3, 0.4) is 0 Å². The van der Waals surface area contributed by atoms with Gasteiger partial charge in [-0.05, 0) is 29.7 Å². The molecule has 2 aromatic carbocycles. The van der Waals surface area contributed by atoms with Crippen molar-refractivity contribution < 1.29 is 0 Å². The SMILES string of the molecule is N#CC(Cc1ccccc1)c1ccc(Cl)cc1. The average Bonchev–Trinajstić information content (AvgIpc) is 2.38. The van der Waals surface area contributed by atoms with Gasteiger partial charge in [-0.15, -0.1) is 0 Å². The lowest BCUT2D eigenvalue weighted by Gasteiger charge is -2.09. The first-order chi connectivity index (χ1) is 8.29. The van der Waals surface area contributed by atoms with E-state index < -0.39 is 0 Å². The van der Waals surface area contributed by atoms with E-state index in [2.05, 4.69) is 6.07 Å². The lowest BCUT2D eigenvalue weighted by Crippen LogP contribution is -2.00. The summed E-state index contributed by atoms with van der Waals surface area (Å²) in [6, 6.07) is 19.9. The second-order valence-corrected chi connectivity index (χ2v) is 4.36. The molecule has 2 heteroatoms. The summed E-state index contributed by atoms with van der Waals surface area (Å²) < 4.78 is 0. The van der Waals surface area contributed by atoms with Gasteiger partial charge in [0.2, 0.25) is 0 Å². The minimum Gasteiger partial charge on any atom is -0.198 e. The third-order valence-electron chi connectivity index (χ3n) is 2.71. The minimum atomic E-state index is -0.116. The Morgan fingerprint density at radius 1 is 1.00 bits per heavy atom. The molecule has 0 fully saturated rings. The highest BCUT2D eigenvalue weighted by Gasteiger charge is 2.10. The van der Waals surface area contributed by atoms with Gasteiger partial charge >= 0.3 is 0 Å². The molecule has 2 rings (SSSR count). The van der Waals surface area contributed by atoms with Gasteiger partial charge in [-0.25, -0.2) is 0 Å². The molecule has 84 valence electrons. The summed E-state index contributed by atoms with van der Waals surface area (Å²) in [6.45, 7) is 0. The summed E-state index contributed by atoms with van der Waals surface area (Å²) in [7, 11) is 0. The van der Waals surface area contributed by atoms with Crippen LogP contribution in [0, 0.1) is 11.3 Å². The number of benzene rings is 2. The van der Waals surface area contributed by atoms with Crippen molar-refractivity contribution in [2.24, 2.45) is 0 Å². The number of hydrogen-bond acceptors (Lipinski definition) is 1. The lowest BCUT2D eigenvalue weighted by atomic mass is 9.93. The number of halogens is 1. The fourth-order valence-electron chi connectivity index (χ4n) is 1.78. The molecule has 1 atom stereocenters. The summed E-state index contributed by atoms with van der Waals surface area (Å²) >= 11 is 5.84. The second kappa shape index (κ2) is 5.52. The monoisotopic (exact) mass is 241 g/mol. The summed E-state index contributed by atoms with van der Waals surface area (Å²) in [5.74, 6) is -0.116. The number of rotatable bonds is 3. The molecule has 17 heavy (non-hydrogen) atoms. The molecule has 0 bridgehead atoms. The van der Waals surface area contributed by atoms with Crippen LogP contribution in [-0.2, 0) is 6.42 Å². The van der Waals surface area contributed by atoms with Crippen LogP contribution in [0.2, 0.25) is 5.02 Å². The van der Waals surface area contributed by atoms with Crippen LogP contribution in [-0.4, -0.2) is 0 Å². The van der Waals surface area contributed by atoms with Crippen molar-refractivity contribution in [3.05, 3.63) is 70.7 Å². The topological polar surface area (TPSA) is 23.8 Å². The zero-order valence-corrected chi connectivity index (χ0v) is 10.1. The minimum absolute atomic E-state index is 0.116. The average molecular weight is 242 g/mol. The maximum atomic E-state index is 9.23. The van der Waals surface area contributed by atoms with Crippen LogP contribution in [0.25, 0.3) is 0 Å². The summed E-state index contributed by atoms with van der Waals surface area (Å²) in [6.07, 6.45) is 0.735. The molecule has 2 aromatic rings. The zero-order chi connectivity index (χ0) is 12.1. The fourth-order valence-corrected chi connectivity index (χ4v) is 1.91. The smallest absolute Gasteiger partial charge is 0.0753 e. The Morgan fingerprint density at radius 2 is 1.65 bits per heavy atom. The summed E-state index contributed by atoms with van der Waals surface area (Å²) in [5, 5.41) is 9.93. The highest BCUT2D eigenvalue weighted by molar-refractivity contribution is 6.30. The second-order valence-electron chi connectivity index (χ2n) is 3.92. The third-order valence-corrected chi connectivity index (χ3v) is 2.96. The molecule has 0 radical (unpaired) electrons. The Hall–Kier alpha value is -1.78. The van der Waals surface area contributed by atoms with Crippen LogP contribution in [0.4, 0.5) is 0 Å². The van der Waals surface area contributed by atoms with Crippen molar-refractivity contribution in [2.45, 2.75) is 12.3 Å². The van der Waals surface area contributed by atoms with E-state index >= 15 is 0 Å². The van der Waals surface area contributed by atoms with Gasteiger partial charge in [0.1, 0.15) is 0 Å². The van der Waals surface area contributed by atoms with Gasteiger partial charge in [-0.3, -0.25) is 0 Å². The van der Waals surface area contributed by atoms with E-state index in [4.69, 9.17) is 11.6 Å². The molecular weight excluding hydrogens is 230 g/mol. The van der Waals surface area contributed by atoms with Crippen molar-refractivity contribution in [3.63, 3.8) is 0 Å². The Balaban J connectivity index is 2.18. The lowest BCUT2D eigenvalue weighted by molar-refractivity contribution is 0.849. The molecule has 1 nitrogen and oxygen atoms in total. The molecule has 1 unspecified atom stereocenters. The van der Waals surface area contributed by atoms with E-state index in [9.17, 15) is 5.26 Å². The Labute approximate surface area is 106 Å².